The average Bonchev–Trinajstić information content (AvgIpc) is 3.57. The standard InChI is InChI=1S/C36H45N3O6/c1-45-31-20-24(12-13-30(42)34(44)29(41)11-5-9-23-7-3-2-4-8-23)19-28(33(31)43)32-26-15-18-39-35(37)27(26)14-16-36(32,22-40)21-25-10-6-17-38-25/h6,10,14-20,23,32,34,38,40,43-44H,2-5,7-9,11-13,21-22H2,1H3,(H2,37,39). The molecule has 1 fully saturated rings. The number of phenols is 1. The molecule has 9 heteroatoms. The molecule has 3 aromatic rings. The van der Waals surface area contributed by atoms with Crippen LogP contribution in [0.15, 0.2) is 48.8 Å². The Hall–Kier alpha value is -3.95. The number of rotatable bonds is 14. The van der Waals surface area contributed by atoms with E-state index >= 15 is 0 Å². The van der Waals surface area contributed by atoms with Gasteiger partial charge in [0.15, 0.2) is 29.2 Å². The summed E-state index contributed by atoms with van der Waals surface area (Å²) < 4.78 is 5.56. The van der Waals surface area contributed by atoms with Crippen LogP contribution >= 0.6 is 0 Å². The number of aromatic nitrogens is 2. The number of nitrogens with one attached hydrogen (secondary N) is 1. The number of anilines is 1. The van der Waals surface area contributed by atoms with Crippen molar-refractivity contribution in [3.05, 3.63) is 76.7 Å². The number of hydrogen-bond donors (Lipinski definition) is 5. The van der Waals surface area contributed by atoms with E-state index in [4.69, 9.17) is 10.5 Å². The number of phenolic OH excluding ortho intramolecular Hbond substituents is 1. The first-order valence-corrected chi connectivity index (χ1v) is 16.1. The lowest BCUT2D eigenvalue weighted by molar-refractivity contribution is -0.138. The molecular weight excluding hydrogens is 570 g/mol. The summed E-state index contributed by atoms with van der Waals surface area (Å²) in [7, 11) is 1.46. The van der Waals surface area contributed by atoms with Gasteiger partial charge >= 0.3 is 0 Å². The van der Waals surface area contributed by atoms with Gasteiger partial charge < -0.3 is 30.8 Å². The Morgan fingerprint density at radius 3 is 2.62 bits per heavy atom. The molecule has 2 aromatic heterocycles. The maximum absolute atomic E-state index is 12.9. The average molecular weight is 616 g/mol. The van der Waals surface area contributed by atoms with Crippen molar-refractivity contribution < 1.29 is 29.6 Å². The molecule has 240 valence electrons. The minimum atomic E-state index is -1.64. The van der Waals surface area contributed by atoms with Crippen LogP contribution in [0.5, 0.6) is 11.5 Å². The van der Waals surface area contributed by atoms with E-state index in [9.17, 15) is 24.9 Å². The molecule has 0 amide bonds. The number of aliphatic hydroxyl groups is 2. The number of aryl methyl sites for hydroxylation is 1. The molecule has 6 N–H and O–H groups in total. The Labute approximate surface area is 264 Å². The van der Waals surface area contributed by atoms with Crippen molar-refractivity contribution in [3.63, 3.8) is 0 Å². The predicted molar refractivity (Wildman–Crippen MR) is 173 cm³/mol. The highest BCUT2D eigenvalue weighted by Crippen LogP contribution is 2.53. The Balaban J connectivity index is 1.38. The molecule has 0 bridgehead atoms. The van der Waals surface area contributed by atoms with Crippen LogP contribution in [0.3, 0.4) is 0 Å². The number of aromatic amines is 1. The fraction of sp³-hybridized carbons (Fsp3) is 0.472. The first kappa shape index (κ1) is 32.4. The zero-order valence-electron chi connectivity index (χ0n) is 26.0. The smallest absolute Gasteiger partial charge is 0.170 e. The van der Waals surface area contributed by atoms with Gasteiger partial charge in [-0.05, 0) is 60.6 Å². The van der Waals surface area contributed by atoms with Crippen LogP contribution in [0.1, 0.15) is 91.7 Å². The van der Waals surface area contributed by atoms with E-state index in [-0.39, 0.29) is 37.4 Å². The number of ketones is 2. The third-order valence-corrected chi connectivity index (χ3v) is 9.72. The zero-order chi connectivity index (χ0) is 32.0. The van der Waals surface area contributed by atoms with E-state index in [1.807, 2.05) is 42.6 Å². The van der Waals surface area contributed by atoms with Crippen LogP contribution in [-0.2, 0) is 22.4 Å². The van der Waals surface area contributed by atoms with Crippen LogP contribution in [0.2, 0.25) is 0 Å². The lowest BCUT2D eigenvalue weighted by Crippen LogP contribution is -2.36. The summed E-state index contributed by atoms with van der Waals surface area (Å²) in [5, 5.41) is 33.0. The van der Waals surface area contributed by atoms with Crippen LogP contribution in [0.25, 0.3) is 6.08 Å². The van der Waals surface area contributed by atoms with Crippen LogP contribution in [0, 0.1) is 11.3 Å². The summed E-state index contributed by atoms with van der Waals surface area (Å²) in [6.07, 6.45) is 14.3. The quantitative estimate of drug-likeness (QED) is 0.154. The van der Waals surface area contributed by atoms with E-state index < -0.39 is 29.0 Å². The predicted octanol–water partition coefficient (Wildman–Crippen LogP) is 5.27. The number of fused-ring (bicyclic) bond motifs is 1. The monoisotopic (exact) mass is 615 g/mol. The van der Waals surface area contributed by atoms with E-state index in [2.05, 4.69) is 9.97 Å². The van der Waals surface area contributed by atoms with Gasteiger partial charge in [-0.1, -0.05) is 56.7 Å². The van der Waals surface area contributed by atoms with Gasteiger partial charge in [0.25, 0.3) is 0 Å². The van der Waals surface area contributed by atoms with Crippen molar-refractivity contribution in [1.82, 2.24) is 9.97 Å². The second-order valence-electron chi connectivity index (χ2n) is 12.7. The topological polar surface area (TPSA) is 159 Å². The number of H-pyrrole nitrogens is 1. The fourth-order valence-electron chi connectivity index (χ4n) is 7.23. The number of nitrogens with zero attached hydrogens (tertiary/aromatic N) is 1. The first-order valence-electron chi connectivity index (χ1n) is 16.1. The molecule has 45 heavy (non-hydrogen) atoms. The maximum atomic E-state index is 12.9. The second kappa shape index (κ2) is 14.4. The molecule has 0 radical (unpaired) electrons. The Morgan fingerprint density at radius 2 is 1.91 bits per heavy atom. The van der Waals surface area contributed by atoms with Crippen molar-refractivity contribution in [2.75, 3.05) is 19.5 Å². The van der Waals surface area contributed by atoms with Gasteiger partial charge in [-0.25, -0.2) is 4.98 Å². The summed E-state index contributed by atoms with van der Waals surface area (Å²) in [5.41, 5.74) is 9.02. The fourth-order valence-corrected chi connectivity index (χ4v) is 7.23. The number of nitrogen functional groups attached to an aromatic ring is 1. The van der Waals surface area contributed by atoms with Gasteiger partial charge in [0.05, 0.1) is 13.7 Å². The van der Waals surface area contributed by atoms with Crippen molar-refractivity contribution >= 4 is 23.5 Å². The number of nitrogens with two attached hydrogens (primary N) is 1. The normalized spacial score (nSPS) is 20.5. The van der Waals surface area contributed by atoms with Gasteiger partial charge in [0.1, 0.15) is 5.82 Å². The molecule has 2 aliphatic rings. The molecule has 0 saturated heterocycles. The number of carbonyl (C=O) groups excluding carboxylic acids is 2. The molecule has 1 aromatic carbocycles. The van der Waals surface area contributed by atoms with Gasteiger partial charge in [-0.2, -0.15) is 0 Å². The first-order chi connectivity index (χ1) is 21.8. The van der Waals surface area contributed by atoms with Crippen molar-refractivity contribution in [2.24, 2.45) is 11.3 Å². The molecule has 0 spiro atoms. The van der Waals surface area contributed by atoms with Crippen molar-refractivity contribution in [1.29, 1.82) is 0 Å². The number of benzene rings is 1. The Bertz CT molecular complexity index is 1510. The third-order valence-electron chi connectivity index (χ3n) is 9.72. The number of pyridine rings is 1. The van der Waals surface area contributed by atoms with Gasteiger partial charge in [-0.15, -0.1) is 0 Å². The van der Waals surface area contributed by atoms with E-state index in [1.165, 1.54) is 39.2 Å². The van der Waals surface area contributed by atoms with Gasteiger partial charge in [0, 0.05) is 53.4 Å². The number of carbonyl (C=O) groups is 2. The third kappa shape index (κ3) is 7.15. The molecule has 3 atom stereocenters. The number of hydrogen-bond acceptors (Lipinski definition) is 8. The van der Waals surface area contributed by atoms with Crippen molar-refractivity contribution in [3.8, 4) is 11.5 Å². The van der Waals surface area contributed by atoms with Gasteiger partial charge in [0.2, 0.25) is 0 Å². The highest BCUT2D eigenvalue weighted by Gasteiger charge is 2.44. The number of methoxy groups -OCH3 is 1. The second-order valence-corrected chi connectivity index (χ2v) is 12.7. The SMILES string of the molecule is COc1cc(CCC(=O)C(O)C(=O)CCCC2CCCCC2)cc(C2c3ccnc(N)c3C=CC2(CO)Cc2ccc[nH]2)c1O. The summed E-state index contributed by atoms with van der Waals surface area (Å²) >= 11 is 0. The van der Waals surface area contributed by atoms with Crippen molar-refractivity contribution in [2.45, 2.75) is 82.7 Å². The zero-order valence-corrected chi connectivity index (χ0v) is 26.0. The van der Waals surface area contributed by atoms with Crippen LogP contribution in [0.4, 0.5) is 5.82 Å². The molecule has 1 saturated carbocycles. The number of ether oxygens (including phenoxy) is 1. The lowest BCUT2D eigenvalue weighted by Gasteiger charge is -2.41. The summed E-state index contributed by atoms with van der Waals surface area (Å²) in [4.78, 5) is 33.1. The highest BCUT2D eigenvalue weighted by atomic mass is 16.5. The lowest BCUT2D eigenvalue weighted by atomic mass is 9.63. The minimum Gasteiger partial charge on any atom is -0.504 e. The van der Waals surface area contributed by atoms with Crippen LogP contribution < -0.4 is 10.5 Å². The Morgan fingerprint density at radius 1 is 1.13 bits per heavy atom. The molecular formula is C36H45N3O6. The number of aliphatic hydroxyl groups excluding tert-OH is 2. The minimum absolute atomic E-state index is 0.0471. The molecule has 3 unspecified atom stereocenters. The maximum Gasteiger partial charge on any atom is 0.170 e. The van der Waals surface area contributed by atoms with E-state index in [1.54, 1.807) is 12.3 Å². The molecule has 2 aliphatic carbocycles. The number of Topliss-reactive ketones (excluding diaryl/α,β-unsaturated/α-hetero) is 2. The molecule has 5 rings (SSSR count). The van der Waals surface area contributed by atoms with Crippen LogP contribution in [-0.4, -0.2) is 56.7 Å². The number of aromatic hydroxyl groups is 1. The van der Waals surface area contributed by atoms with Gasteiger partial charge in [-0.3, -0.25) is 9.59 Å². The summed E-state index contributed by atoms with van der Waals surface area (Å²) in [5.74, 6) is -0.362. The van der Waals surface area contributed by atoms with E-state index in [0.29, 0.717) is 41.3 Å². The molecule has 2 heterocycles. The largest absolute Gasteiger partial charge is 0.504 e. The Kier molecular flexibility index (Phi) is 10.4. The molecule has 0 aliphatic heterocycles. The highest BCUT2D eigenvalue weighted by molar-refractivity contribution is 6.05. The molecule has 9 nitrogen and oxygen atoms in total. The summed E-state index contributed by atoms with van der Waals surface area (Å²) in [6, 6.07) is 9.16. The summed E-state index contributed by atoms with van der Waals surface area (Å²) in [6.45, 7) is -0.228. The van der Waals surface area contributed by atoms with E-state index in [0.717, 1.165) is 17.7 Å².